The summed E-state index contributed by atoms with van der Waals surface area (Å²) >= 11 is 0. The molecule has 2 atom stereocenters. The number of hydrogen-bond donors (Lipinski definition) is 3. The molecular formula is C9H14N2O5. The first-order chi connectivity index (χ1) is 7.41. The van der Waals surface area contributed by atoms with Crippen molar-refractivity contribution >= 4 is 18.0 Å². The van der Waals surface area contributed by atoms with Crippen LogP contribution in [0.15, 0.2) is 0 Å². The van der Waals surface area contributed by atoms with Gasteiger partial charge in [0.05, 0.1) is 0 Å². The average Bonchev–Trinajstić information content (AvgIpc) is 2.16. The highest BCUT2D eigenvalue weighted by Crippen LogP contribution is 2.17. The van der Waals surface area contributed by atoms with Gasteiger partial charge in [0.25, 0.3) is 0 Å². The lowest BCUT2D eigenvalue weighted by Gasteiger charge is -2.35. The van der Waals surface area contributed by atoms with E-state index in [0.29, 0.717) is 6.42 Å². The zero-order valence-electron chi connectivity index (χ0n) is 8.84. The molecule has 16 heavy (non-hydrogen) atoms. The van der Waals surface area contributed by atoms with Crippen molar-refractivity contribution in [2.75, 3.05) is 6.54 Å². The molecule has 7 heteroatoms. The lowest BCUT2D eigenvalue weighted by Crippen LogP contribution is -2.55. The molecule has 0 aromatic heterocycles. The van der Waals surface area contributed by atoms with Crippen molar-refractivity contribution in [1.82, 2.24) is 10.2 Å². The largest absolute Gasteiger partial charge is 0.480 e. The average molecular weight is 230 g/mol. The van der Waals surface area contributed by atoms with E-state index in [0.717, 1.165) is 4.90 Å². The SMILES string of the molecule is CC(=O)NC1CCC(C(=O)O)N(C(=O)O)C1. The zero-order chi connectivity index (χ0) is 12.3. The summed E-state index contributed by atoms with van der Waals surface area (Å²) in [6.07, 6.45) is -0.588. The van der Waals surface area contributed by atoms with Gasteiger partial charge < -0.3 is 15.5 Å². The zero-order valence-corrected chi connectivity index (χ0v) is 8.84. The van der Waals surface area contributed by atoms with Crippen molar-refractivity contribution in [3.05, 3.63) is 0 Å². The van der Waals surface area contributed by atoms with Gasteiger partial charge in [-0.3, -0.25) is 9.69 Å². The molecule has 1 saturated heterocycles. The van der Waals surface area contributed by atoms with E-state index >= 15 is 0 Å². The van der Waals surface area contributed by atoms with Crippen molar-refractivity contribution in [3.8, 4) is 0 Å². The van der Waals surface area contributed by atoms with Gasteiger partial charge in [-0.2, -0.15) is 0 Å². The first-order valence-corrected chi connectivity index (χ1v) is 4.91. The summed E-state index contributed by atoms with van der Waals surface area (Å²) in [6.45, 7) is 1.36. The number of rotatable bonds is 2. The molecule has 2 unspecified atom stereocenters. The van der Waals surface area contributed by atoms with Crippen LogP contribution in [0.25, 0.3) is 0 Å². The Hall–Kier alpha value is -1.79. The standard InChI is InChI=1S/C9H14N2O5/c1-5(12)10-6-2-3-7(8(13)14)11(4-6)9(15)16/h6-7H,2-4H2,1H3,(H,10,12)(H,13,14)(H,15,16). The topological polar surface area (TPSA) is 107 Å². The van der Waals surface area contributed by atoms with Gasteiger partial charge in [0.15, 0.2) is 0 Å². The third-order valence-corrected chi connectivity index (χ3v) is 2.52. The van der Waals surface area contributed by atoms with Crippen LogP contribution in [0, 0.1) is 0 Å². The van der Waals surface area contributed by atoms with E-state index < -0.39 is 18.1 Å². The second-order valence-corrected chi connectivity index (χ2v) is 3.76. The minimum atomic E-state index is -1.28. The third kappa shape index (κ3) is 2.85. The van der Waals surface area contributed by atoms with Crippen molar-refractivity contribution in [1.29, 1.82) is 0 Å². The number of carboxylic acids is 1. The number of piperidine rings is 1. The second kappa shape index (κ2) is 4.82. The predicted octanol–water partition coefficient (Wildman–Crippen LogP) is -0.282. The molecule has 0 radical (unpaired) electrons. The first-order valence-electron chi connectivity index (χ1n) is 4.91. The lowest BCUT2D eigenvalue weighted by molar-refractivity contribution is -0.144. The fourth-order valence-electron chi connectivity index (χ4n) is 1.84. The van der Waals surface area contributed by atoms with E-state index in [1.807, 2.05) is 0 Å². The van der Waals surface area contributed by atoms with Crippen molar-refractivity contribution < 1.29 is 24.6 Å². The molecule has 0 spiro atoms. The maximum absolute atomic E-state index is 10.9. The molecule has 1 fully saturated rings. The summed E-state index contributed by atoms with van der Waals surface area (Å²) in [5.74, 6) is -1.40. The first kappa shape index (κ1) is 12.3. The number of amides is 2. The molecule has 2 amide bonds. The Kier molecular flexibility index (Phi) is 3.70. The van der Waals surface area contributed by atoms with E-state index in [9.17, 15) is 14.4 Å². The number of carbonyl (C=O) groups excluding carboxylic acids is 1. The van der Waals surface area contributed by atoms with Crippen molar-refractivity contribution in [3.63, 3.8) is 0 Å². The normalized spacial score (nSPS) is 24.9. The van der Waals surface area contributed by atoms with E-state index in [2.05, 4.69) is 5.32 Å². The number of carboxylic acid groups (broad SMARTS) is 2. The van der Waals surface area contributed by atoms with Crippen molar-refractivity contribution in [2.24, 2.45) is 0 Å². The van der Waals surface area contributed by atoms with E-state index in [1.165, 1.54) is 6.92 Å². The van der Waals surface area contributed by atoms with Crippen LogP contribution in [-0.2, 0) is 9.59 Å². The number of aliphatic carboxylic acids is 1. The summed E-state index contributed by atoms with van der Waals surface area (Å²) in [6, 6.07) is -1.31. The van der Waals surface area contributed by atoms with Gasteiger partial charge in [0, 0.05) is 19.5 Å². The maximum atomic E-state index is 10.9. The highest BCUT2D eigenvalue weighted by atomic mass is 16.4. The molecule has 1 heterocycles. The van der Waals surface area contributed by atoms with Crippen LogP contribution in [0.3, 0.4) is 0 Å². The van der Waals surface area contributed by atoms with Gasteiger partial charge in [-0.05, 0) is 12.8 Å². The molecule has 0 bridgehead atoms. The van der Waals surface area contributed by atoms with Crippen LogP contribution in [0.2, 0.25) is 0 Å². The molecule has 1 aliphatic heterocycles. The predicted molar refractivity (Wildman–Crippen MR) is 53.0 cm³/mol. The molecule has 0 saturated carbocycles. The quantitative estimate of drug-likeness (QED) is 0.604. The summed E-state index contributed by atoms with van der Waals surface area (Å²) in [5.41, 5.74) is 0. The van der Waals surface area contributed by atoms with Crippen LogP contribution in [0.4, 0.5) is 4.79 Å². The number of carbonyl (C=O) groups is 3. The summed E-state index contributed by atoms with van der Waals surface area (Å²) in [4.78, 5) is 33.3. The van der Waals surface area contributed by atoms with Crippen LogP contribution in [0.1, 0.15) is 19.8 Å². The smallest absolute Gasteiger partial charge is 0.408 e. The number of nitrogens with zero attached hydrogens (tertiary/aromatic N) is 1. The summed E-state index contributed by atoms with van der Waals surface area (Å²) in [5, 5.41) is 20.3. The summed E-state index contributed by atoms with van der Waals surface area (Å²) < 4.78 is 0. The van der Waals surface area contributed by atoms with Gasteiger partial charge in [-0.25, -0.2) is 9.59 Å². The van der Waals surface area contributed by atoms with Gasteiger partial charge in [-0.1, -0.05) is 0 Å². The number of nitrogens with one attached hydrogen (secondary N) is 1. The number of hydrogen-bond acceptors (Lipinski definition) is 3. The Balaban J connectivity index is 2.68. The molecule has 1 rings (SSSR count). The molecule has 0 aromatic carbocycles. The second-order valence-electron chi connectivity index (χ2n) is 3.76. The third-order valence-electron chi connectivity index (χ3n) is 2.52. The van der Waals surface area contributed by atoms with E-state index in [1.54, 1.807) is 0 Å². The molecule has 3 N–H and O–H groups in total. The highest BCUT2D eigenvalue weighted by Gasteiger charge is 2.36. The fraction of sp³-hybridized carbons (Fsp3) is 0.667. The molecule has 0 aromatic rings. The number of likely N-dealkylation sites (tertiary alicyclic amines) is 1. The minimum Gasteiger partial charge on any atom is -0.480 e. The Bertz CT molecular complexity index is 317. The Morgan fingerprint density at radius 3 is 2.31 bits per heavy atom. The summed E-state index contributed by atoms with van der Waals surface area (Å²) in [7, 11) is 0. The van der Waals surface area contributed by atoms with Gasteiger partial charge >= 0.3 is 12.1 Å². The van der Waals surface area contributed by atoms with E-state index in [-0.39, 0.29) is 24.9 Å². The fourth-order valence-corrected chi connectivity index (χ4v) is 1.84. The monoisotopic (exact) mass is 230 g/mol. The van der Waals surface area contributed by atoms with Gasteiger partial charge in [0.2, 0.25) is 5.91 Å². The molecular weight excluding hydrogens is 216 g/mol. The maximum Gasteiger partial charge on any atom is 0.408 e. The van der Waals surface area contributed by atoms with Gasteiger partial charge in [-0.15, -0.1) is 0 Å². The van der Waals surface area contributed by atoms with Crippen LogP contribution < -0.4 is 5.32 Å². The molecule has 90 valence electrons. The Labute approximate surface area is 92.0 Å². The van der Waals surface area contributed by atoms with Crippen LogP contribution in [0.5, 0.6) is 0 Å². The molecule has 1 aliphatic rings. The molecule has 0 aliphatic carbocycles. The van der Waals surface area contributed by atoms with Crippen LogP contribution >= 0.6 is 0 Å². The van der Waals surface area contributed by atoms with Crippen LogP contribution in [-0.4, -0.2) is 51.7 Å². The highest BCUT2D eigenvalue weighted by molar-refractivity contribution is 5.80. The Morgan fingerprint density at radius 1 is 1.25 bits per heavy atom. The van der Waals surface area contributed by atoms with Crippen molar-refractivity contribution in [2.45, 2.75) is 31.8 Å². The van der Waals surface area contributed by atoms with Gasteiger partial charge in [0.1, 0.15) is 6.04 Å². The lowest BCUT2D eigenvalue weighted by atomic mass is 9.98. The Morgan fingerprint density at radius 2 is 1.88 bits per heavy atom. The van der Waals surface area contributed by atoms with E-state index in [4.69, 9.17) is 10.2 Å². The molecule has 7 nitrogen and oxygen atoms in total. The minimum absolute atomic E-state index is 0.0197.